The second-order valence-electron chi connectivity index (χ2n) is 6.90. The Balaban J connectivity index is 1.91. The molecule has 1 heterocycles. The summed E-state index contributed by atoms with van der Waals surface area (Å²) in [5.41, 5.74) is 1.13. The van der Waals surface area contributed by atoms with E-state index in [9.17, 15) is 9.18 Å². The summed E-state index contributed by atoms with van der Waals surface area (Å²) in [6, 6.07) is 5.00. The number of rotatable bonds is 5. The number of amides is 2. The molecule has 134 valence electrons. The summed E-state index contributed by atoms with van der Waals surface area (Å²) >= 11 is 0. The number of halogens is 1. The predicted molar refractivity (Wildman–Crippen MR) is 92.2 cm³/mol. The molecule has 0 spiro atoms. The average Bonchev–Trinajstić information content (AvgIpc) is 2.54. The molecule has 24 heavy (non-hydrogen) atoms. The lowest BCUT2D eigenvalue weighted by Gasteiger charge is -2.39. The Labute approximate surface area is 143 Å². The number of carbonyl (C=O) groups excluding carboxylic acids is 1. The minimum absolute atomic E-state index is 0.129. The van der Waals surface area contributed by atoms with Crippen molar-refractivity contribution in [3.05, 3.63) is 35.1 Å². The van der Waals surface area contributed by atoms with Gasteiger partial charge in [-0.2, -0.15) is 0 Å². The zero-order chi connectivity index (χ0) is 17.7. The van der Waals surface area contributed by atoms with Crippen LogP contribution < -0.4 is 5.32 Å². The highest BCUT2D eigenvalue weighted by atomic mass is 19.1. The number of benzene rings is 1. The van der Waals surface area contributed by atoms with Gasteiger partial charge in [0.2, 0.25) is 0 Å². The second kappa shape index (κ2) is 7.94. The van der Waals surface area contributed by atoms with Gasteiger partial charge in [0.15, 0.2) is 0 Å². The van der Waals surface area contributed by atoms with Crippen LogP contribution in [-0.2, 0) is 17.8 Å². The molecule has 6 heteroatoms. The summed E-state index contributed by atoms with van der Waals surface area (Å²) < 4.78 is 19.8. The van der Waals surface area contributed by atoms with Crippen LogP contribution in [0.5, 0.6) is 0 Å². The molecule has 1 aliphatic heterocycles. The van der Waals surface area contributed by atoms with Crippen LogP contribution in [0.1, 0.15) is 31.4 Å². The minimum atomic E-state index is -0.282. The Morgan fingerprint density at radius 1 is 1.46 bits per heavy atom. The molecule has 0 bridgehead atoms. The first-order valence-corrected chi connectivity index (χ1v) is 8.42. The number of ether oxygens (including phenoxy) is 1. The van der Waals surface area contributed by atoms with Crippen molar-refractivity contribution in [3.63, 3.8) is 0 Å². The predicted octanol–water partition coefficient (Wildman–Crippen LogP) is 2.60. The van der Waals surface area contributed by atoms with E-state index in [1.54, 1.807) is 11.0 Å². The molecule has 0 saturated carbocycles. The van der Waals surface area contributed by atoms with Crippen molar-refractivity contribution in [1.82, 2.24) is 15.1 Å². The molecule has 2 amide bonds. The van der Waals surface area contributed by atoms with Gasteiger partial charge in [-0.25, -0.2) is 9.18 Å². The number of hydrogen-bond acceptors (Lipinski definition) is 3. The molecule has 0 unspecified atom stereocenters. The van der Waals surface area contributed by atoms with Crippen molar-refractivity contribution in [2.24, 2.45) is 0 Å². The summed E-state index contributed by atoms with van der Waals surface area (Å²) in [5, 5.41) is 2.87. The molecule has 1 fully saturated rings. The van der Waals surface area contributed by atoms with Gasteiger partial charge in [0.05, 0.1) is 18.8 Å². The lowest BCUT2D eigenvalue weighted by molar-refractivity contribution is -0.0872. The van der Waals surface area contributed by atoms with Crippen molar-refractivity contribution in [2.45, 2.75) is 39.0 Å². The molecular weight excluding hydrogens is 309 g/mol. The van der Waals surface area contributed by atoms with Crippen molar-refractivity contribution in [1.29, 1.82) is 0 Å². The second-order valence-corrected chi connectivity index (χ2v) is 6.90. The lowest BCUT2D eigenvalue weighted by atomic mass is 10.0. The molecule has 1 aromatic carbocycles. The zero-order valence-corrected chi connectivity index (χ0v) is 15.1. The number of morpholine rings is 1. The van der Waals surface area contributed by atoms with E-state index < -0.39 is 0 Å². The fourth-order valence-electron chi connectivity index (χ4n) is 2.78. The fourth-order valence-corrected chi connectivity index (χ4v) is 2.78. The fraction of sp³-hybridized carbons (Fsp3) is 0.611. The van der Waals surface area contributed by atoms with E-state index in [0.717, 1.165) is 12.0 Å². The van der Waals surface area contributed by atoms with Gasteiger partial charge in [-0.15, -0.1) is 0 Å². The largest absolute Gasteiger partial charge is 0.372 e. The van der Waals surface area contributed by atoms with Crippen LogP contribution in [0.4, 0.5) is 9.18 Å². The molecule has 1 saturated heterocycles. The standard InChI is InChI=1S/C18H28FN3O2/c1-5-18(2)13-22(8-9-24-18)17(23)20-11-14-6-7-15(12-21(3)4)16(19)10-14/h6-7,10H,5,8-9,11-13H2,1-4H3,(H,20,23)/t18-/m0/s1. The van der Waals surface area contributed by atoms with Gasteiger partial charge in [-0.3, -0.25) is 0 Å². The van der Waals surface area contributed by atoms with Crippen LogP contribution >= 0.6 is 0 Å². The van der Waals surface area contributed by atoms with Crippen LogP contribution in [0.3, 0.4) is 0 Å². The van der Waals surface area contributed by atoms with E-state index in [-0.39, 0.29) is 17.4 Å². The van der Waals surface area contributed by atoms with E-state index in [1.807, 2.05) is 32.0 Å². The third-order valence-corrected chi connectivity index (χ3v) is 4.42. The molecule has 0 radical (unpaired) electrons. The Kier molecular flexibility index (Phi) is 6.18. The minimum Gasteiger partial charge on any atom is -0.372 e. The molecule has 2 rings (SSSR count). The average molecular weight is 337 g/mol. The molecule has 1 aromatic rings. The maximum atomic E-state index is 14.1. The Hall–Kier alpha value is -1.66. The van der Waals surface area contributed by atoms with Gasteiger partial charge in [0.1, 0.15) is 5.82 Å². The summed E-state index contributed by atoms with van der Waals surface area (Å²) in [7, 11) is 3.81. The van der Waals surface area contributed by atoms with Gasteiger partial charge >= 0.3 is 6.03 Å². The highest BCUT2D eigenvalue weighted by Gasteiger charge is 2.32. The van der Waals surface area contributed by atoms with Crippen molar-refractivity contribution in [2.75, 3.05) is 33.8 Å². The highest BCUT2D eigenvalue weighted by Crippen LogP contribution is 2.21. The number of nitrogens with zero attached hydrogens (tertiary/aromatic N) is 2. The highest BCUT2D eigenvalue weighted by molar-refractivity contribution is 5.74. The summed E-state index contributed by atoms with van der Waals surface area (Å²) in [5.74, 6) is -0.236. The van der Waals surface area contributed by atoms with Crippen LogP contribution in [0.2, 0.25) is 0 Å². The Bertz CT molecular complexity index is 579. The number of carbonyl (C=O) groups is 1. The Morgan fingerprint density at radius 3 is 2.83 bits per heavy atom. The number of urea groups is 1. The van der Waals surface area contributed by atoms with Gasteiger partial charge in [-0.1, -0.05) is 19.1 Å². The van der Waals surface area contributed by atoms with E-state index in [0.29, 0.717) is 38.3 Å². The summed E-state index contributed by atoms with van der Waals surface area (Å²) in [6.07, 6.45) is 0.856. The van der Waals surface area contributed by atoms with Gasteiger partial charge in [-0.05, 0) is 39.1 Å². The smallest absolute Gasteiger partial charge is 0.317 e. The molecule has 0 aliphatic carbocycles. The maximum absolute atomic E-state index is 14.1. The van der Waals surface area contributed by atoms with E-state index in [4.69, 9.17) is 4.74 Å². The van der Waals surface area contributed by atoms with Crippen molar-refractivity contribution >= 4 is 6.03 Å². The van der Waals surface area contributed by atoms with Gasteiger partial charge in [0, 0.05) is 25.2 Å². The normalized spacial score (nSPS) is 21.2. The van der Waals surface area contributed by atoms with Crippen molar-refractivity contribution < 1.29 is 13.9 Å². The topological polar surface area (TPSA) is 44.8 Å². The van der Waals surface area contributed by atoms with Gasteiger partial charge < -0.3 is 19.9 Å². The van der Waals surface area contributed by atoms with Crippen molar-refractivity contribution in [3.8, 4) is 0 Å². The van der Waals surface area contributed by atoms with E-state index in [2.05, 4.69) is 12.2 Å². The first-order valence-electron chi connectivity index (χ1n) is 8.42. The third kappa shape index (κ3) is 4.92. The molecule has 1 N–H and O–H groups in total. The molecule has 1 atom stereocenters. The monoisotopic (exact) mass is 337 g/mol. The number of hydrogen-bond donors (Lipinski definition) is 1. The Morgan fingerprint density at radius 2 is 2.21 bits per heavy atom. The van der Waals surface area contributed by atoms with E-state index >= 15 is 0 Å². The first kappa shape index (κ1) is 18.7. The van der Waals surface area contributed by atoms with Crippen LogP contribution in [-0.4, -0.2) is 55.2 Å². The third-order valence-electron chi connectivity index (χ3n) is 4.42. The lowest BCUT2D eigenvalue weighted by Crippen LogP contribution is -2.54. The quantitative estimate of drug-likeness (QED) is 0.898. The van der Waals surface area contributed by atoms with Crippen LogP contribution in [0.25, 0.3) is 0 Å². The molecule has 1 aliphatic rings. The summed E-state index contributed by atoms with van der Waals surface area (Å²) in [4.78, 5) is 16.0. The molecule has 5 nitrogen and oxygen atoms in total. The maximum Gasteiger partial charge on any atom is 0.317 e. The van der Waals surface area contributed by atoms with Crippen LogP contribution in [0, 0.1) is 5.82 Å². The molecule has 0 aromatic heterocycles. The van der Waals surface area contributed by atoms with Gasteiger partial charge in [0.25, 0.3) is 0 Å². The van der Waals surface area contributed by atoms with E-state index in [1.165, 1.54) is 6.07 Å². The number of nitrogens with one attached hydrogen (secondary N) is 1. The van der Waals surface area contributed by atoms with Crippen LogP contribution in [0.15, 0.2) is 18.2 Å². The summed E-state index contributed by atoms with van der Waals surface area (Å²) in [6.45, 7) is 6.65. The zero-order valence-electron chi connectivity index (χ0n) is 15.1. The SMILES string of the molecule is CC[C@@]1(C)CN(C(=O)NCc2ccc(CN(C)C)c(F)c2)CCO1. The molecular formula is C18H28FN3O2. The first-order chi connectivity index (χ1) is 11.3.